The Balaban J connectivity index is 2.61. The summed E-state index contributed by atoms with van der Waals surface area (Å²) in [7, 11) is 0. The summed E-state index contributed by atoms with van der Waals surface area (Å²) in [5.41, 5.74) is 2.90. The van der Waals surface area contributed by atoms with Crippen LogP contribution in [0.3, 0.4) is 0 Å². The van der Waals surface area contributed by atoms with Crippen molar-refractivity contribution in [2.75, 3.05) is 13.1 Å². The maximum atomic E-state index is 12.0. The van der Waals surface area contributed by atoms with Crippen LogP contribution in [0.15, 0.2) is 18.2 Å². The molecule has 17 heavy (non-hydrogen) atoms. The minimum Gasteiger partial charge on any atom is -0.350 e. The Morgan fingerprint density at radius 3 is 2.71 bits per heavy atom. The zero-order chi connectivity index (χ0) is 12.8. The van der Waals surface area contributed by atoms with Gasteiger partial charge in [0.2, 0.25) is 0 Å². The van der Waals surface area contributed by atoms with E-state index in [1.807, 2.05) is 32.0 Å². The molecule has 2 N–H and O–H groups in total. The number of likely N-dealkylation sites (N-methyl/N-ethyl adjacent to an activating group) is 1. The first kappa shape index (κ1) is 13.7. The van der Waals surface area contributed by atoms with Gasteiger partial charge in [0.1, 0.15) is 0 Å². The van der Waals surface area contributed by atoms with Crippen LogP contribution in [-0.2, 0) is 0 Å². The van der Waals surface area contributed by atoms with E-state index in [2.05, 4.69) is 24.5 Å². The van der Waals surface area contributed by atoms with Crippen molar-refractivity contribution in [3.8, 4) is 0 Å². The number of carbonyl (C=O) groups is 1. The molecular weight excluding hydrogens is 212 g/mol. The Hall–Kier alpha value is -1.35. The molecule has 1 aromatic carbocycles. The molecule has 0 aliphatic heterocycles. The van der Waals surface area contributed by atoms with E-state index in [9.17, 15) is 4.79 Å². The topological polar surface area (TPSA) is 41.1 Å². The SMILES string of the molecule is CCN[C@H](C)CNC(=O)c1cc(C)ccc1C. The van der Waals surface area contributed by atoms with Crippen molar-refractivity contribution in [1.29, 1.82) is 0 Å². The number of aryl methyl sites for hydroxylation is 2. The average Bonchev–Trinajstić information content (AvgIpc) is 2.29. The van der Waals surface area contributed by atoms with Gasteiger partial charge in [0.25, 0.3) is 5.91 Å². The molecule has 1 aromatic rings. The Labute approximate surface area is 104 Å². The van der Waals surface area contributed by atoms with E-state index in [0.29, 0.717) is 12.6 Å². The third kappa shape index (κ3) is 4.19. The Morgan fingerprint density at radius 1 is 1.35 bits per heavy atom. The Bertz CT molecular complexity index is 388. The largest absolute Gasteiger partial charge is 0.350 e. The minimum atomic E-state index is 0.0101. The molecule has 0 aromatic heterocycles. The molecule has 1 rings (SSSR count). The van der Waals surface area contributed by atoms with Crippen LogP contribution in [0.1, 0.15) is 35.3 Å². The van der Waals surface area contributed by atoms with Gasteiger partial charge in [-0.3, -0.25) is 4.79 Å². The number of hydrogen-bond acceptors (Lipinski definition) is 2. The molecule has 3 heteroatoms. The third-order valence-electron chi connectivity index (χ3n) is 2.76. The zero-order valence-corrected chi connectivity index (χ0v) is 11.1. The molecule has 0 heterocycles. The summed E-state index contributed by atoms with van der Waals surface area (Å²) in [5, 5.41) is 6.21. The molecule has 94 valence electrons. The maximum Gasteiger partial charge on any atom is 0.251 e. The van der Waals surface area contributed by atoms with Crippen molar-refractivity contribution in [3.05, 3.63) is 34.9 Å². The molecular formula is C14H22N2O. The first-order valence-electron chi connectivity index (χ1n) is 6.13. The van der Waals surface area contributed by atoms with Gasteiger partial charge in [-0.1, -0.05) is 24.6 Å². The van der Waals surface area contributed by atoms with Gasteiger partial charge in [-0.15, -0.1) is 0 Å². The van der Waals surface area contributed by atoms with Crippen LogP contribution in [0.5, 0.6) is 0 Å². The summed E-state index contributed by atoms with van der Waals surface area (Å²) < 4.78 is 0. The van der Waals surface area contributed by atoms with Crippen molar-refractivity contribution in [3.63, 3.8) is 0 Å². The first-order chi connectivity index (χ1) is 8.04. The lowest BCUT2D eigenvalue weighted by Crippen LogP contribution is -2.39. The quantitative estimate of drug-likeness (QED) is 0.818. The predicted molar refractivity (Wildman–Crippen MR) is 71.4 cm³/mol. The van der Waals surface area contributed by atoms with E-state index in [4.69, 9.17) is 0 Å². The lowest BCUT2D eigenvalue weighted by atomic mass is 10.1. The summed E-state index contributed by atoms with van der Waals surface area (Å²) in [6, 6.07) is 6.24. The highest BCUT2D eigenvalue weighted by Crippen LogP contribution is 2.10. The molecule has 0 unspecified atom stereocenters. The highest BCUT2D eigenvalue weighted by molar-refractivity contribution is 5.95. The molecule has 0 saturated heterocycles. The molecule has 1 atom stereocenters. The van der Waals surface area contributed by atoms with Crippen molar-refractivity contribution >= 4 is 5.91 Å². The molecule has 0 bridgehead atoms. The van der Waals surface area contributed by atoms with Gasteiger partial charge in [-0.2, -0.15) is 0 Å². The van der Waals surface area contributed by atoms with Crippen LogP contribution in [0.25, 0.3) is 0 Å². The van der Waals surface area contributed by atoms with Gasteiger partial charge in [-0.05, 0) is 38.9 Å². The second-order valence-electron chi connectivity index (χ2n) is 4.49. The van der Waals surface area contributed by atoms with Crippen molar-refractivity contribution < 1.29 is 4.79 Å². The molecule has 0 spiro atoms. The summed E-state index contributed by atoms with van der Waals surface area (Å²) in [5.74, 6) is 0.0101. The van der Waals surface area contributed by atoms with E-state index < -0.39 is 0 Å². The number of carbonyl (C=O) groups excluding carboxylic acids is 1. The monoisotopic (exact) mass is 234 g/mol. The first-order valence-corrected chi connectivity index (χ1v) is 6.13. The average molecular weight is 234 g/mol. The van der Waals surface area contributed by atoms with Crippen molar-refractivity contribution in [2.24, 2.45) is 0 Å². The number of amides is 1. The molecule has 0 aliphatic rings. The summed E-state index contributed by atoms with van der Waals surface area (Å²) >= 11 is 0. The van der Waals surface area contributed by atoms with Gasteiger partial charge in [0, 0.05) is 18.2 Å². The van der Waals surface area contributed by atoms with Crippen molar-refractivity contribution in [1.82, 2.24) is 10.6 Å². The van der Waals surface area contributed by atoms with Gasteiger partial charge in [-0.25, -0.2) is 0 Å². The van der Waals surface area contributed by atoms with E-state index in [-0.39, 0.29) is 5.91 Å². The van der Waals surface area contributed by atoms with E-state index in [0.717, 1.165) is 23.2 Å². The van der Waals surface area contributed by atoms with Crippen molar-refractivity contribution in [2.45, 2.75) is 33.7 Å². The van der Waals surface area contributed by atoms with Crippen LogP contribution >= 0.6 is 0 Å². The number of benzene rings is 1. The predicted octanol–water partition coefficient (Wildman–Crippen LogP) is 2.03. The standard InChI is InChI=1S/C14H22N2O/c1-5-15-12(4)9-16-14(17)13-8-10(2)6-7-11(13)3/h6-8,12,15H,5,9H2,1-4H3,(H,16,17)/t12-/m1/s1. The van der Waals surface area contributed by atoms with Crippen LogP contribution in [0, 0.1) is 13.8 Å². The number of hydrogen-bond donors (Lipinski definition) is 2. The second kappa shape index (κ2) is 6.40. The van der Waals surface area contributed by atoms with Gasteiger partial charge in [0.05, 0.1) is 0 Å². The van der Waals surface area contributed by atoms with E-state index in [1.54, 1.807) is 0 Å². The van der Waals surface area contributed by atoms with E-state index in [1.165, 1.54) is 0 Å². The fourth-order valence-electron chi connectivity index (χ4n) is 1.74. The number of rotatable bonds is 5. The maximum absolute atomic E-state index is 12.0. The molecule has 0 saturated carbocycles. The van der Waals surface area contributed by atoms with Gasteiger partial charge in [0.15, 0.2) is 0 Å². The normalized spacial score (nSPS) is 12.2. The van der Waals surface area contributed by atoms with Crippen LogP contribution < -0.4 is 10.6 Å². The van der Waals surface area contributed by atoms with Crippen LogP contribution in [0.4, 0.5) is 0 Å². The van der Waals surface area contributed by atoms with E-state index >= 15 is 0 Å². The molecule has 3 nitrogen and oxygen atoms in total. The Morgan fingerprint density at radius 2 is 2.06 bits per heavy atom. The smallest absolute Gasteiger partial charge is 0.251 e. The molecule has 0 radical (unpaired) electrons. The van der Waals surface area contributed by atoms with Crippen LogP contribution in [-0.4, -0.2) is 25.0 Å². The zero-order valence-electron chi connectivity index (χ0n) is 11.1. The highest BCUT2D eigenvalue weighted by atomic mass is 16.1. The highest BCUT2D eigenvalue weighted by Gasteiger charge is 2.09. The van der Waals surface area contributed by atoms with Gasteiger partial charge >= 0.3 is 0 Å². The summed E-state index contributed by atoms with van der Waals surface area (Å²) in [6.45, 7) is 9.65. The number of nitrogens with one attached hydrogen (secondary N) is 2. The van der Waals surface area contributed by atoms with Crippen LogP contribution in [0.2, 0.25) is 0 Å². The molecule has 0 aliphatic carbocycles. The molecule has 0 fully saturated rings. The fourth-order valence-corrected chi connectivity index (χ4v) is 1.74. The van der Waals surface area contributed by atoms with Gasteiger partial charge < -0.3 is 10.6 Å². The Kier molecular flexibility index (Phi) is 5.16. The lowest BCUT2D eigenvalue weighted by Gasteiger charge is -2.14. The second-order valence-corrected chi connectivity index (χ2v) is 4.49. The summed E-state index contributed by atoms with van der Waals surface area (Å²) in [4.78, 5) is 12.0. The molecule has 1 amide bonds. The third-order valence-corrected chi connectivity index (χ3v) is 2.76. The fraction of sp³-hybridized carbons (Fsp3) is 0.500. The lowest BCUT2D eigenvalue weighted by molar-refractivity contribution is 0.0949. The minimum absolute atomic E-state index is 0.0101. The summed E-state index contributed by atoms with van der Waals surface area (Å²) in [6.07, 6.45) is 0.